The van der Waals surface area contributed by atoms with Crippen LogP contribution in [0.1, 0.15) is 12.8 Å². The number of ether oxygens (including phenoxy) is 1. The summed E-state index contributed by atoms with van der Waals surface area (Å²) in [7, 11) is 0. The van der Waals surface area contributed by atoms with Gasteiger partial charge in [0.1, 0.15) is 6.10 Å². The predicted molar refractivity (Wildman–Crippen MR) is 102 cm³/mol. The quantitative estimate of drug-likeness (QED) is 0.697. The number of nitrogens with zero attached hydrogens (tertiary/aromatic N) is 1. The van der Waals surface area contributed by atoms with Gasteiger partial charge >= 0.3 is 0 Å². The standard InChI is InChI=1S/C19H17N3O3S/c23-17(16-6-3-11-25-16)20-12-7-9-13(10-8-12)22-18(24)14-4-1-2-5-15(14)21-19(22)26/h1-2,4-5,7-10,16H,3,6,11H2,(H,20,23)(H,21,26)/t16-/m1/s1. The molecule has 1 aliphatic rings. The number of fused-ring (bicyclic) bond motifs is 1. The van der Waals surface area contributed by atoms with Crippen molar-refractivity contribution in [3.8, 4) is 5.69 Å². The Bertz CT molecular complexity index is 1080. The Labute approximate surface area is 154 Å². The summed E-state index contributed by atoms with van der Waals surface area (Å²) in [6.07, 6.45) is 1.26. The molecule has 2 aromatic carbocycles. The van der Waals surface area contributed by atoms with Gasteiger partial charge in [-0.25, -0.2) is 0 Å². The molecule has 0 unspecified atom stereocenters. The van der Waals surface area contributed by atoms with Crippen LogP contribution in [-0.2, 0) is 9.53 Å². The highest BCUT2D eigenvalue weighted by Crippen LogP contribution is 2.17. The number of carbonyl (C=O) groups excluding carboxylic acids is 1. The van der Waals surface area contributed by atoms with Crippen LogP contribution in [0.4, 0.5) is 5.69 Å². The van der Waals surface area contributed by atoms with Crippen LogP contribution < -0.4 is 10.9 Å². The number of nitrogens with one attached hydrogen (secondary N) is 2. The van der Waals surface area contributed by atoms with Crippen molar-refractivity contribution in [2.24, 2.45) is 0 Å². The van der Waals surface area contributed by atoms with Gasteiger partial charge in [-0.3, -0.25) is 14.2 Å². The minimum Gasteiger partial charge on any atom is -0.368 e. The van der Waals surface area contributed by atoms with Crippen molar-refractivity contribution < 1.29 is 9.53 Å². The van der Waals surface area contributed by atoms with E-state index in [0.717, 1.165) is 12.8 Å². The summed E-state index contributed by atoms with van der Waals surface area (Å²) in [5.74, 6) is -0.143. The number of hydrogen-bond donors (Lipinski definition) is 2. The Morgan fingerprint density at radius 2 is 1.96 bits per heavy atom. The van der Waals surface area contributed by atoms with E-state index >= 15 is 0 Å². The van der Waals surface area contributed by atoms with E-state index in [1.165, 1.54) is 4.57 Å². The maximum Gasteiger partial charge on any atom is 0.266 e. The predicted octanol–water partition coefficient (Wildman–Crippen LogP) is 3.17. The molecule has 132 valence electrons. The van der Waals surface area contributed by atoms with E-state index in [9.17, 15) is 9.59 Å². The zero-order valence-electron chi connectivity index (χ0n) is 13.9. The number of H-pyrrole nitrogens is 1. The van der Waals surface area contributed by atoms with Crippen LogP contribution in [0.3, 0.4) is 0 Å². The summed E-state index contributed by atoms with van der Waals surface area (Å²) < 4.78 is 7.15. The lowest BCUT2D eigenvalue weighted by Crippen LogP contribution is -2.26. The van der Waals surface area contributed by atoms with Crippen LogP contribution in [0, 0.1) is 4.77 Å². The van der Waals surface area contributed by atoms with E-state index in [0.29, 0.717) is 33.7 Å². The fourth-order valence-electron chi connectivity index (χ4n) is 3.10. The zero-order valence-corrected chi connectivity index (χ0v) is 14.7. The molecule has 6 nitrogen and oxygen atoms in total. The average Bonchev–Trinajstić information content (AvgIpc) is 3.18. The van der Waals surface area contributed by atoms with E-state index in [1.54, 1.807) is 30.3 Å². The molecular weight excluding hydrogens is 350 g/mol. The number of benzene rings is 2. The molecule has 4 rings (SSSR count). The molecule has 1 atom stereocenters. The highest BCUT2D eigenvalue weighted by atomic mass is 32.1. The van der Waals surface area contributed by atoms with Gasteiger partial charge in [0.2, 0.25) is 0 Å². The van der Waals surface area contributed by atoms with Gasteiger partial charge in [-0.15, -0.1) is 0 Å². The van der Waals surface area contributed by atoms with Crippen LogP contribution in [0.2, 0.25) is 0 Å². The van der Waals surface area contributed by atoms with E-state index in [4.69, 9.17) is 17.0 Å². The lowest BCUT2D eigenvalue weighted by Gasteiger charge is -2.12. The Kier molecular flexibility index (Phi) is 4.40. The molecule has 26 heavy (non-hydrogen) atoms. The third-order valence-electron chi connectivity index (χ3n) is 4.42. The van der Waals surface area contributed by atoms with Crippen molar-refractivity contribution in [1.82, 2.24) is 9.55 Å². The Morgan fingerprint density at radius 1 is 1.19 bits per heavy atom. The van der Waals surface area contributed by atoms with Crippen molar-refractivity contribution >= 4 is 34.7 Å². The van der Waals surface area contributed by atoms with Crippen LogP contribution >= 0.6 is 12.2 Å². The second-order valence-corrected chi connectivity index (χ2v) is 6.54. The topological polar surface area (TPSA) is 76.1 Å². The lowest BCUT2D eigenvalue weighted by atomic mass is 10.2. The molecule has 2 heterocycles. The molecule has 0 spiro atoms. The third-order valence-corrected chi connectivity index (χ3v) is 4.71. The van der Waals surface area contributed by atoms with Gasteiger partial charge < -0.3 is 15.0 Å². The molecule has 1 saturated heterocycles. The van der Waals surface area contributed by atoms with Crippen molar-refractivity contribution in [1.29, 1.82) is 0 Å². The Morgan fingerprint density at radius 3 is 2.69 bits per heavy atom. The first-order valence-corrected chi connectivity index (χ1v) is 8.81. The van der Waals surface area contributed by atoms with Crippen molar-refractivity contribution in [2.45, 2.75) is 18.9 Å². The van der Waals surface area contributed by atoms with Gasteiger partial charge in [-0.2, -0.15) is 0 Å². The van der Waals surface area contributed by atoms with Crippen LogP contribution in [-0.4, -0.2) is 28.2 Å². The fraction of sp³-hybridized carbons (Fsp3) is 0.211. The number of amides is 1. The second-order valence-electron chi connectivity index (χ2n) is 6.15. The molecule has 2 N–H and O–H groups in total. The SMILES string of the molecule is O=C(Nc1ccc(-n2c(=S)[nH]c3ccccc3c2=O)cc1)[C@H]1CCCO1. The summed E-state index contributed by atoms with van der Waals surface area (Å²) in [6.45, 7) is 0.625. The average molecular weight is 367 g/mol. The van der Waals surface area contributed by atoms with E-state index in [1.807, 2.05) is 18.2 Å². The van der Waals surface area contributed by atoms with Gasteiger partial charge in [0.05, 0.1) is 16.6 Å². The third kappa shape index (κ3) is 3.07. The van der Waals surface area contributed by atoms with Gasteiger partial charge in [-0.1, -0.05) is 12.1 Å². The number of carbonyl (C=O) groups is 1. The molecule has 1 fully saturated rings. The first kappa shape index (κ1) is 16.7. The Balaban J connectivity index is 1.65. The summed E-state index contributed by atoms with van der Waals surface area (Å²) >= 11 is 5.35. The maximum absolute atomic E-state index is 12.8. The number of aromatic amines is 1. The molecule has 1 aliphatic heterocycles. The molecule has 0 aliphatic carbocycles. The second kappa shape index (κ2) is 6.86. The molecule has 0 bridgehead atoms. The van der Waals surface area contributed by atoms with Crippen LogP contribution in [0.5, 0.6) is 0 Å². The molecule has 1 aromatic heterocycles. The van der Waals surface area contributed by atoms with Crippen LogP contribution in [0.25, 0.3) is 16.6 Å². The summed E-state index contributed by atoms with van der Waals surface area (Å²) in [4.78, 5) is 28.0. The van der Waals surface area contributed by atoms with E-state index < -0.39 is 0 Å². The summed E-state index contributed by atoms with van der Waals surface area (Å²) in [6, 6.07) is 14.3. The monoisotopic (exact) mass is 367 g/mol. The highest BCUT2D eigenvalue weighted by Gasteiger charge is 2.23. The lowest BCUT2D eigenvalue weighted by molar-refractivity contribution is -0.124. The molecule has 3 aromatic rings. The molecule has 7 heteroatoms. The zero-order chi connectivity index (χ0) is 18.1. The van der Waals surface area contributed by atoms with E-state index in [-0.39, 0.29) is 17.6 Å². The largest absolute Gasteiger partial charge is 0.368 e. The summed E-state index contributed by atoms with van der Waals surface area (Å²) in [5.41, 5.74) is 1.81. The van der Waals surface area contributed by atoms with Crippen molar-refractivity contribution in [3.63, 3.8) is 0 Å². The molecular formula is C19H17N3O3S. The minimum absolute atomic E-state index is 0.143. The molecule has 1 amide bonds. The number of anilines is 1. The highest BCUT2D eigenvalue weighted by molar-refractivity contribution is 7.71. The van der Waals surface area contributed by atoms with Crippen LogP contribution in [0.15, 0.2) is 53.3 Å². The number of aromatic nitrogens is 2. The van der Waals surface area contributed by atoms with Gasteiger partial charge in [-0.05, 0) is 61.5 Å². The first-order valence-electron chi connectivity index (χ1n) is 8.40. The smallest absolute Gasteiger partial charge is 0.266 e. The normalized spacial score (nSPS) is 16.7. The Hall–Kier alpha value is -2.77. The van der Waals surface area contributed by atoms with Crippen molar-refractivity contribution in [2.75, 3.05) is 11.9 Å². The molecule has 0 radical (unpaired) electrons. The van der Waals surface area contributed by atoms with Gasteiger partial charge in [0, 0.05) is 12.3 Å². The molecule has 0 saturated carbocycles. The number of para-hydroxylation sites is 1. The number of hydrogen-bond acceptors (Lipinski definition) is 4. The fourth-order valence-corrected chi connectivity index (χ4v) is 3.40. The summed E-state index contributed by atoms with van der Waals surface area (Å²) in [5, 5.41) is 3.40. The van der Waals surface area contributed by atoms with Gasteiger partial charge in [0.15, 0.2) is 4.77 Å². The van der Waals surface area contributed by atoms with E-state index in [2.05, 4.69) is 10.3 Å². The van der Waals surface area contributed by atoms with Crippen molar-refractivity contribution in [3.05, 3.63) is 63.7 Å². The first-order chi connectivity index (χ1) is 12.6. The number of rotatable bonds is 3. The minimum atomic E-state index is -0.383. The maximum atomic E-state index is 12.8. The van der Waals surface area contributed by atoms with Gasteiger partial charge in [0.25, 0.3) is 11.5 Å².